The standard InChI is InChI=1S/C14H8F7NOS2/c15-12(16,13(17,18)19)14(20,21)25-9-4-1-3-8(7-9)22-11(23)10-5-2-6-24-10/h1-7H,(H,22,23). The number of thiophene rings is 1. The Morgan fingerprint density at radius 1 is 1.00 bits per heavy atom. The largest absolute Gasteiger partial charge is 0.460 e. The van der Waals surface area contributed by atoms with Gasteiger partial charge in [-0.1, -0.05) is 12.1 Å². The van der Waals surface area contributed by atoms with Crippen molar-refractivity contribution in [2.45, 2.75) is 22.2 Å². The van der Waals surface area contributed by atoms with Crippen molar-refractivity contribution in [1.29, 1.82) is 0 Å². The molecule has 0 aliphatic heterocycles. The molecule has 0 fully saturated rings. The summed E-state index contributed by atoms with van der Waals surface area (Å²) in [6.45, 7) is 0. The van der Waals surface area contributed by atoms with Crippen LogP contribution in [0.15, 0.2) is 46.7 Å². The fourth-order valence-corrected chi connectivity index (χ4v) is 3.11. The van der Waals surface area contributed by atoms with E-state index in [1.165, 1.54) is 12.1 Å². The molecule has 1 heterocycles. The molecule has 2 rings (SSSR count). The van der Waals surface area contributed by atoms with Crippen LogP contribution in [0.4, 0.5) is 36.4 Å². The quantitative estimate of drug-likeness (QED) is 0.499. The van der Waals surface area contributed by atoms with E-state index in [-0.39, 0.29) is 5.69 Å². The zero-order valence-electron chi connectivity index (χ0n) is 11.9. The van der Waals surface area contributed by atoms with E-state index in [0.717, 1.165) is 29.5 Å². The van der Waals surface area contributed by atoms with Crippen LogP contribution in [0.5, 0.6) is 0 Å². The summed E-state index contributed by atoms with van der Waals surface area (Å²) in [5, 5.41) is -1.45. The van der Waals surface area contributed by atoms with Gasteiger partial charge in [-0.3, -0.25) is 4.79 Å². The van der Waals surface area contributed by atoms with Crippen molar-refractivity contribution in [3.8, 4) is 0 Å². The van der Waals surface area contributed by atoms with Gasteiger partial charge in [-0.25, -0.2) is 0 Å². The summed E-state index contributed by atoms with van der Waals surface area (Å²) >= 11 is 0.176. The summed E-state index contributed by atoms with van der Waals surface area (Å²) in [5.74, 6) is -6.77. The summed E-state index contributed by atoms with van der Waals surface area (Å²) in [6.07, 6.45) is -6.39. The highest BCUT2D eigenvalue weighted by Gasteiger charge is 2.73. The minimum atomic E-state index is -6.39. The van der Waals surface area contributed by atoms with E-state index in [2.05, 4.69) is 5.32 Å². The van der Waals surface area contributed by atoms with E-state index in [1.54, 1.807) is 11.4 Å². The van der Waals surface area contributed by atoms with Gasteiger partial charge in [-0.2, -0.15) is 30.7 Å². The monoisotopic (exact) mass is 403 g/mol. The predicted octanol–water partition coefficient (Wildman–Crippen LogP) is 5.88. The molecule has 0 atom stereocenters. The molecule has 0 aliphatic rings. The Morgan fingerprint density at radius 2 is 1.68 bits per heavy atom. The molecule has 1 aromatic heterocycles. The highest BCUT2D eigenvalue weighted by molar-refractivity contribution is 8.00. The molecule has 0 saturated heterocycles. The highest BCUT2D eigenvalue weighted by Crippen LogP contribution is 2.53. The number of nitrogens with one attached hydrogen (secondary N) is 1. The van der Waals surface area contributed by atoms with E-state index in [1.807, 2.05) is 0 Å². The number of hydrogen-bond acceptors (Lipinski definition) is 3. The van der Waals surface area contributed by atoms with Crippen molar-refractivity contribution < 1.29 is 35.5 Å². The molecule has 2 aromatic rings. The maximum atomic E-state index is 13.4. The van der Waals surface area contributed by atoms with Gasteiger partial charge in [0.25, 0.3) is 5.91 Å². The number of carbonyl (C=O) groups excluding carboxylic acids is 1. The highest BCUT2D eigenvalue weighted by atomic mass is 32.2. The van der Waals surface area contributed by atoms with E-state index in [9.17, 15) is 35.5 Å². The lowest BCUT2D eigenvalue weighted by Gasteiger charge is -2.27. The Hall–Kier alpha value is -1.75. The van der Waals surface area contributed by atoms with Gasteiger partial charge in [0.15, 0.2) is 0 Å². The van der Waals surface area contributed by atoms with Crippen LogP contribution in [-0.4, -0.2) is 23.3 Å². The van der Waals surface area contributed by atoms with Crippen LogP contribution < -0.4 is 5.32 Å². The van der Waals surface area contributed by atoms with Crippen LogP contribution >= 0.6 is 23.1 Å². The van der Waals surface area contributed by atoms with Crippen LogP contribution in [-0.2, 0) is 0 Å². The first kappa shape index (κ1) is 19.6. The Labute approximate surface area is 145 Å². The summed E-state index contributed by atoms with van der Waals surface area (Å²) in [7, 11) is 0. The fourth-order valence-electron chi connectivity index (χ4n) is 1.61. The predicted molar refractivity (Wildman–Crippen MR) is 80.5 cm³/mol. The van der Waals surface area contributed by atoms with Crippen molar-refractivity contribution >= 4 is 34.7 Å². The number of alkyl halides is 7. The van der Waals surface area contributed by atoms with Crippen LogP contribution in [0.2, 0.25) is 0 Å². The summed E-state index contributed by atoms with van der Waals surface area (Å²) in [4.78, 5) is 11.6. The average Bonchev–Trinajstić information content (AvgIpc) is 3.00. The minimum absolute atomic E-state index is 0.0190. The first-order valence-electron chi connectivity index (χ1n) is 6.40. The number of rotatable bonds is 5. The smallest absolute Gasteiger partial charge is 0.321 e. The Morgan fingerprint density at radius 3 is 2.24 bits per heavy atom. The minimum Gasteiger partial charge on any atom is -0.321 e. The second kappa shape index (κ2) is 6.87. The van der Waals surface area contributed by atoms with Gasteiger partial charge in [0.05, 0.1) is 4.88 Å². The maximum Gasteiger partial charge on any atom is 0.460 e. The fraction of sp³-hybridized carbons (Fsp3) is 0.214. The zero-order valence-corrected chi connectivity index (χ0v) is 13.5. The molecule has 136 valence electrons. The van der Waals surface area contributed by atoms with Gasteiger partial charge in [-0.05, 0) is 41.4 Å². The SMILES string of the molecule is O=C(Nc1cccc(SC(F)(F)C(F)(F)C(F)(F)F)c1)c1cccs1. The Bertz CT molecular complexity index is 744. The second-order valence-corrected chi connectivity index (χ2v) is 6.79. The number of amides is 1. The molecule has 11 heteroatoms. The summed E-state index contributed by atoms with van der Waals surface area (Å²) < 4.78 is 89.1. The van der Waals surface area contributed by atoms with Gasteiger partial charge in [0.1, 0.15) is 0 Å². The third-order valence-electron chi connectivity index (χ3n) is 2.80. The van der Waals surface area contributed by atoms with E-state index in [0.29, 0.717) is 4.88 Å². The Balaban J connectivity index is 2.17. The molecule has 2 nitrogen and oxygen atoms in total. The molecule has 0 unspecified atom stereocenters. The van der Waals surface area contributed by atoms with Crippen molar-refractivity contribution in [3.05, 3.63) is 46.7 Å². The van der Waals surface area contributed by atoms with Gasteiger partial charge < -0.3 is 5.32 Å². The van der Waals surface area contributed by atoms with Crippen LogP contribution in [0.3, 0.4) is 0 Å². The molecule has 1 N–H and O–H groups in total. The lowest BCUT2D eigenvalue weighted by molar-refractivity contribution is -0.330. The molecule has 0 spiro atoms. The lowest BCUT2D eigenvalue weighted by Crippen LogP contribution is -2.49. The average molecular weight is 403 g/mol. The maximum absolute atomic E-state index is 13.4. The molecule has 0 aliphatic carbocycles. The first-order chi connectivity index (χ1) is 11.4. The van der Waals surface area contributed by atoms with Crippen LogP contribution in [0.1, 0.15) is 9.67 Å². The van der Waals surface area contributed by atoms with Gasteiger partial charge >= 0.3 is 17.4 Å². The topological polar surface area (TPSA) is 29.1 Å². The number of anilines is 1. The van der Waals surface area contributed by atoms with Crippen LogP contribution in [0.25, 0.3) is 0 Å². The normalized spacial score (nSPS) is 12.9. The summed E-state index contributed by atoms with van der Waals surface area (Å²) in [6, 6.07) is 7.36. The molecule has 0 radical (unpaired) electrons. The van der Waals surface area contributed by atoms with E-state index >= 15 is 0 Å². The number of halogens is 7. The van der Waals surface area contributed by atoms with Crippen molar-refractivity contribution in [2.75, 3.05) is 5.32 Å². The Kier molecular flexibility index (Phi) is 5.38. The third-order valence-corrected chi connectivity index (χ3v) is 4.68. The third kappa shape index (κ3) is 4.27. The van der Waals surface area contributed by atoms with Crippen molar-refractivity contribution in [1.82, 2.24) is 0 Å². The lowest BCUT2D eigenvalue weighted by atomic mass is 10.3. The van der Waals surface area contributed by atoms with E-state index < -0.39 is 39.9 Å². The van der Waals surface area contributed by atoms with E-state index in [4.69, 9.17) is 0 Å². The van der Waals surface area contributed by atoms with Crippen LogP contribution in [0, 0.1) is 0 Å². The number of benzene rings is 1. The number of thioether (sulfide) groups is 1. The van der Waals surface area contributed by atoms with Gasteiger partial charge in [0.2, 0.25) is 0 Å². The molecular formula is C14H8F7NOS2. The molecule has 1 amide bonds. The molecular weight excluding hydrogens is 395 g/mol. The summed E-state index contributed by atoms with van der Waals surface area (Å²) in [5.41, 5.74) is -0.0190. The number of hydrogen-bond donors (Lipinski definition) is 1. The van der Waals surface area contributed by atoms with Gasteiger partial charge in [-0.15, -0.1) is 11.3 Å². The first-order valence-corrected chi connectivity index (χ1v) is 8.10. The van der Waals surface area contributed by atoms with Gasteiger partial charge in [0, 0.05) is 10.6 Å². The number of carbonyl (C=O) groups is 1. The second-order valence-electron chi connectivity index (χ2n) is 4.65. The molecule has 25 heavy (non-hydrogen) atoms. The molecule has 0 saturated carbocycles. The molecule has 1 aromatic carbocycles. The van der Waals surface area contributed by atoms with Crippen molar-refractivity contribution in [2.24, 2.45) is 0 Å². The zero-order chi connectivity index (χ0) is 18.9. The molecule has 0 bridgehead atoms. The van der Waals surface area contributed by atoms with Crippen molar-refractivity contribution in [3.63, 3.8) is 0 Å².